The van der Waals surface area contributed by atoms with Gasteiger partial charge in [0.2, 0.25) is 6.71 Å². The zero-order valence-electron chi connectivity index (χ0n) is 51.4. The van der Waals surface area contributed by atoms with E-state index >= 15 is 0 Å². The van der Waals surface area contributed by atoms with Crippen LogP contribution in [0.1, 0.15) is 183 Å². The first-order valence-electron chi connectivity index (χ1n) is 29.2. The lowest BCUT2D eigenvalue weighted by molar-refractivity contribution is 0.583. The van der Waals surface area contributed by atoms with Gasteiger partial charge in [-0.2, -0.15) is 0 Å². The molecule has 0 fully saturated rings. The fourth-order valence-electron chi connectivity index (χ4n) is 12.8. The first kappa shape index (κ1) is 54.2. The van der Waals surface area contributed by atoms with Crippen LogP contribution in [-0.2, 0) is 37.9 Å². The van der Waals surface area contributed by atoms with E-state index in [0.29, 0.717) is 0 Å². The van der Waals surface area contributed by atoms with E-state index in [2.05, 4.69) is 311 Å². The smallest absolute Gasteiger partial charge is 0.247 e. The quantitative estimate of drug-likeness (QED) is 0.159. The first-order valence-corrected chi connectivity index (χ1v) is 29.2. The van der Waals surface area contributed by atoms with E-state index in [4.69, 9.17) is 0 Å². The van der Waals surface area contributed by atoms with Gasteiger partial charge in [-0.25, -0.2) is 0 Å². The Labute approximate surface area is 475 Å². The Bertz CT molecular complexity index is 3770. The normalized spacial score (nSPS) is 14.6. The molecule has 1 aromatic heterocycles. The van der Waals surface area contributed by atoms with E-state index in [9.17, 15) is 0 Å². The molecule has 404 valence electrons. The summed E-state index contributed by atoms with van der Waals surface area (Å²) in [5, 5.41) is 2.57. The van der Waals surface area contributed by atoms with Gasteiger partial charge in [0.05, 0.1) is 16.7 Å². The second kappa shape index (κ2) is 18.1. The molecule has 0 radical (unpaired) electrons. The summed E-state index contributed by atoms with van der Waals surface area (Å²) in [4.78, 5) is 5.17. The molecule has 2 aliphatic rings. The number of benzene rings is 8. The molecule has 9 aromatic rings. The highest BCUT2D eigenvalue weighted by atomic mass is 15.2. The summed E-state index contributed by atoms with van der Waals surface area (Å²) < 4.78 is 2.54. The highest BCUT2D eigenvalue weighted by Crippen LogP contribution is 2.50. The zero-order chi connectivity index (χ0) is 56.9. The predicted octanol–water partition coefficient (Wildman–Crippen LogP) is 19.0. The molecule has 0 N–H and O–H groups in total. The lowest BCUT2D eigenvalue weighted by atomic mass is 9.30. The van der Waals surface area contributed by atoms with Gasteiger partial charge in [0.25, 0.3) is 0 Å². The average molecular weight is 1040 g/mol. The Balaban J connectivity index is 1.24. The summed E-state index contributed by atoms with van der Waals surface area (Å²) in [6.45, 7) is 46.8. The van der Waals surface area contributed by atoms with Crippen LogP contribution in [0.3, 0.4) is 0 Å². The molecular formula is C75H86BN3. The molecule has 0 aliphatic carbocycles. The number of rotatable bonds is 5. The van der Waals surface area contributed by atoms with Crippen molar-refractivity contribution in [1.82, 2.24) is 4.57 Å². The zero-order valence-corrected chi connectivity index (χ0v) is 51.4. The van der Waals surface area contributed by atoms with Crippen LogP contribution in [-0.4, -0.2) is 11.3 Å². The van der Waals surface area contributed by atoms with Crippen LogP contribution in [0.15, 0.2) is 158 Å². The van der Waals surface area contributed by atoms with Crippen molar-refractivity contribution in [2.45, 2.75) is 176 Å². The molecule has 4 heteroatoms. The van der Waals surface area contributed by atoms with Crippen molar-refractivity contribution in [2.24, 2.45) is 0 Å². The summed E-state index contributed by atoms with van der Waals surface area (Å²) in [7, 11) is 0. The van der Waals surface area contributed by atoms with E-state index in [-0.39, 0.29) is 44.6 Å². The number of hydrogen-bond donors (Lipinski definition) is 0. The summed E-state index contributed by atoms with van der Waals surface area (Å²) in [6.07, 6.45) is 0. The van der Waals surface area contributed by atoms with Gasteiger partial charge in [-0.05, 0) is 173 Å². The predicted molar refractivity (Wildman–Crippen MR) is 346 cm³/mol. The Hall–Kier alpha value is -6.78. The van der Waals surface area contributed by atoms with Crippen molar-refractivity contribution in [2.75, 3.05) is 9.80 Å². The van der Waals surface area contributed by atoms with Crippen LogP contribution in [0.25, 0.3) is 27.5 Å². The van der Waals surface area contributed by atoms with Crippen molar-refractivity contribution >= 4 is 79.0 Å². The Morgan fingerprint density at radius 2 is 0.785 bits per heavy atom. The SMILES string of the molecule is CC(C)(C)c1ccc(N(c2ccc(C(C)(C)C)cc2)c2ccc3c(c2)C(C)(C)c2cc(C(C)(C)C)cc4c2B3c2ccc3c(c2N4c2ccc(C(C)(C)C)cc2)c2cc(C(C)(C)C)ccc2n3-c2ccc(C(C)(C)C)cc2)cc1. The molecule has 11 rings (SSSR count). The lowest BCUT2D eigenvalue weighted by Crippen LogP contribution is -2.64. The third-order valence-corrected chi connectivity index (χ3v) is 17.8. The second-order valence-electron chi connectivity index (χ2n) is 30.1. The molecule has 0 bridgehead atoms. The van der Waals surface area contributed by atoms with Crippen LogP contribution in [0.4, 0.5) is 34.1 Å². The van der Waals surface area contributed by atoms with Crippen LogP contribution in [0.2, 0.25) is 0 Å². The minimum absolute atomic E-state index is 0.00918. The molecular weight excluding hydrogens is 954 g/mol. The van der Waals surface area contributed by atoms with Gasteiger partial charge in [0, 0.05) is 50.3 Å². The summed E-state index contributed by atoms with van der Waals surface area (Å²) in [5.74, 6) is 0. The molecule has 8 aromatic carbocycles. The van der Waals surface area contributed by atoms with E-state index in [1.54, 1.807) is 0 Å². The van der Waals surface area contributed by atoms with Crippen LogP contribution >= 0.6 is 0 Å². The average Bonchev–Trinajstić information content (AvgIpc) is 2.71. The minimum Gasteiger partial charge on any atom is -0.311 e. The molecule has 0 amide bonds. The maximum absolute atomic E-state index is 2.69. The van der Waals surface area contributed by atoms with E-state index in [0.717, 1.165) is 17.1 Å². The van der Waals surface area contributed by atoms with Crippen molar-refractivity contribution < 1.29 is 0 Å². The van der Waals surface area contributed by atoms with E-state index < -0.39 is 0 Å². The Kier molecular flexibility index (Phi) is 12.4. The van der Waals surface area contributed by atoms with Gasteiger partial charge in [0.15, 0.2) is 0 Å². The molecule has 0 spiro atoms. The van der Waals surface area contributed by atoms with Crippen molar-refractivity contribution in [3.05, 3.63) is 202 Å². The van der Waals surface area contributed by atoms with Crippen LogP contribution in [0, 0.1) is 0 Å². The first-order chi connectivity index (χ1) is 36.7. The maximum atomic E-state index is 2.69. The largest absolute Gasteiger partial charge is 0.311 e. The Morgan fingerprint density at radius 3 is 1.27 bits per heavy atom. The van der Waals surface area contributed by atoms with E-state index in [1.807, 2.05) is 0 Å². The number of hydrogen-bond acceptors (Lipinski definition) is 2. The molecule has 0 saturated heterocycles. The van der Waals surface area contributed by atoms with Gasteiger partial charge in [0.1, 0.15) is 0 Å². The number of aromatic nitrogens is 1. The van der Waals surface area contributed by atoms with Crippen molar-refractivity contribution in [3.8, 4) is 5.69 Å². The molecule has 79 heavy (non-hydrogen) atoms. The van der Waals surface area contributed by atoms with Gasteiger partial charge < -0.3 is 14.4 Å². The highest BCUT2D eigenvalue weighted by Gasteiger charge is 2.48. The molecule has 0 atom stereocenters. The lowest BCUT2D eigenvalue weighted by Gasteiger charge is -2.47. The fourth-order valence-corrected chi connectivity index (χ4v) is 12.8. The van der Waals surface area contributed by atoms with Gasteiger partial charge >= 0.3 is 0 Å². The second-order valence-corrected chi connectivity index (χ2v) is 30.1. The maximum Gasteiger partial charge on any atom is 0.247 e. The third kappa shape index (κ3) is 9.24. The molecule has 2 aliphatic heterocycles. The molecule has 3 nitrogen and oxygen atoms in total. The molecule has 0 saturated carbocycles. The summed E-state index contributed by atoms with van der Waals surface area (Å²) >= 11 is 0. The topological polar surface area (TPSA) is 11.4 Å². The number of nitrogens with zero attached hydrogens (tertiary/aromatic N) is 3. The van der Waals surface area contributed by atoms with Gasteiger partial charge in [-0.1, -0.05) is 217 Å². The minimum atomic E-state index is -0.356. The van der Waals surface area contributed by atoms with Crippen molar-refractivity contribution in [3.63, 3.8) is 0 Å². The number of fused-ring (bicyclic) bond motifs is 8. The highest BCUT2D eigenvalue weighted by molar-refractivity contribution is 6.99. The fraction of sp³-hybridized carbons (Fsp3) is 0.360. The molecule has 0 unspecified atom stereocenters. The number of anilines is 6. The Morgan fingerprint density at radius 1 is 0.367 bits per heavy atom. The summed E-state index contributed by atoms with van der Waals surface area (Å²) in [6, 6.07) is 62.4. The van der Waals surface area contributed by atoms with E-state index in [1.165, 1.54) is 105 Å². The third-order valence-electron chi connectivity index (χ3n) is 17.8. The monoisotopic (exact) mass is 1040 g/mol. The molecule has 3 heterocycles. The standard InChI is InChI=1S/C75H86BN3/c1-69(2,3)47-21-30-53(31-22-47)77(54-32-23-48(24-33-54)70(4,5)6)57-38-39-61-59(46-57)75(19,20)60-44-52(74(16,17)18)45-65-67(60)76(61)62-40-42-64-66(68(62)79(65)56-36-27-50(28-37-56)72(10,11)12)58-43-51(73(13,14)15)29-41-63(58)78(64)55-34-25-49(26-35-55)71(7,8)9/h21-46H,1-20H3. The summed E-state index contributed by atoms with van der Waals surface area (Å²) in [5.41, 5.74) is 25.3. The van der Waals surface area contributed by atoms with Gasteiger partial charge in [-0.15, -0.1) is 0 Å². The van der Waals surface area contributed by atoms with Gasteiger partial charge in [-0.3, -0.25) is 0 Å². The van der Waals surface area contributed by atoms with Crippen LogP contribution < -0.4 is 26.2 Å². The van der Waals surface area contributed by atoms with Crippen LogP contribution in [0.5, 0.6) is 0 Å². The van der Waals surface area contributed by atoms with Crippen molar-refractivity contribution in [1.29, 1.82) is 0 Å².